The van der Waals surface area contributed by atoms with Crippen molar-refractivity contribution < 1.29 is 18.3 Å². The normalized spacial score (nSPS) is 22.6. The van der Waals surface area contributed by atoms with Crippen molar-refractivity contribution in [2.24, 2.45) is 5.92 Å². The van der Waals surface area contributed by atoms with Gasteiger partial charge in [0.2, 0.25) is 0 Å². The van der Waals surface area contributed by atoms with E-state index in [0.717, 1.165) is 17.8 Å². The molecule has 2 heterocycles. The Hall–Kier alpha value is -1.03. The summed E-state index contributed by atoms with van der Waals surface area (Å²) in [7, 11) is -3.56. The van der Waals surface area contributed by atoms with Crippen LogP contribution in [0.3, 0.4) is 0 Å². The standard InChI is InChI=1S/C13H19N3O4S2/c1-9-14-11(8-21-9)22(19,20)16-6-4-15(5-7-16)12(13(17)18)10-2-3-10/h8,10,12H,2-7H2,1H3,(H,17,18). The number of aryl methyl sites for hydroxylation is 1. The van der Waals surface area contributed by atoms with Crippen LogP contribution < -0.4 is 0 Å². The molecule has 2 fully saturated rings. The maximum Gasteiger partial charge on any atom is 0.321 e. The van der Waals surface area contributed by atoms with E-state index in [1.807, 2.05) is 4.90 Å². The summed E-state index contributed by atoms with van der Waals surface area (Å²) in [5, 5.41) is 11.7. The van der Waals surface area contributed by atoms with Gasteiger partial charge >= 0.3 is 5.97 Å². The summed E-state index contributed by atoms with van der Waals surface area (Å²) in [6.07, 6.45) is 1.90. The average molecular weight is 345 g/mol. The number of sulfonamides is 1. The molecule has 1 aromatic heterocycles. The molecule has 7 nitrogen and oxygen atoms in total. The molecular formula is C13H19N3O4S2. The highest BCUT2D eigenvalue weighted by Crippen LogP contribution is 2.36. The van der Waals surface area contributed by atoms with E-state index in [-0.39, 0.29) is 10.9 Å². The maximum absolute atomic E-state index is 12.5. The molecule has 22 heavy (non-hydrogen) atoms. The van der Waals surface area contributed by atoms with Crippen molar-refractivity contribution in [3.63, 3.8) is 0 Å². The minimum Gasteiger partial charge on any atom is -0.480 e. The molecule has 0 radical (unpaired) electrons. The first-order valence-electron chi connectivity index (χ1n) is 7.29. The molecule has 122 valence electrons. The van der Waals surface area contributed by atoms with Crippen LogP contribution >= 0.6 is 11.3 Å². The molecule has 1 aliphatic carbocycles. The van der Waals surface area contributed by atoms with Crippen LogP contribution in [0.5, 0.6) is 0 Å². The van der Waals surface area contributed by atoms with E-state index in [9.17, 15) is 18.3 Å². The third-order valence-corrected chi connectivity index (χ3v) is 6.90. The summed E-state index contributed by atoms with van der Waals surface area (Å²) in [4.78, 5) is 17.4. The van der Waals surface area contributed by atoms with Crippen molar-refractivity contribution in [1.82, 2.24) is 14.2 Å². The van der Waals surface area contributed by atoms with E-state index in [1.165, 1.54) is 15.6 Å². The van der Waals surface area contributed by atoms with Crippen molar-refractivity contribution in [3.8, 4) is 0 Å². The van der Waals surface area contributed by atoms with Crippen molar-refractivity contribution >= 4 is 27.3 Å². The number of carbonyl (C=O) groups is 1. The zero-order chi connectivity index (χ0) is 15.9. The highest BCUT2D eigenvalue weighted by molar-refractivity contribution is 7.89. The molecule has 9 heteroatoms. The summed E-state index contributed by atoms with van der Waals surface area (Å²) < 4.78 is 26.4. The molecule has 1 saturated carbocycles. The second kappa shape index (κ2) is 5.88. The quantitative estimate of drug-likeness (QED) is 0.841. The first-order chi connectivity index (χ1) is 10.4. The fourth-order valence-electron chi connectivity index (χ4n) is 2.88. The fraction of sp³-hybridized carbons (Fsp3) is 0.692. The topological polar surface area (TPSA) is 90.8 Å². The molecule has 2 aliphatic rings. The average Bonchev–Trinajstić information content (AvgIpc) is 3.19. The van der Waals surface area contributed by atoms with E-state index >= 15 is 0 Å². The van der Waals surface area contributed by atoms with Crippen molar-refractivity contribution in [2.75, 3.05) is 26.2 Å². The molecule has 1 saturated heterocycles. The predicted molar refractivity (Wildman–Crippen MR) is 81.3 cm³/mol. The van der Waals surface area contributed by atoms with Gasteiger partial charge in [-0.3, -0.25) is 9.69 Å². The number of carboxylic acid groups (broad SMARTS) is 1. The van der Waals surface area contributed by atoms with Gasteiger partial charge in [-0.1, -0.05) is 0 Å². The third kappa shape index (κ3) is 3.03. The van der Waals surface area contributed by atoms with Crippen molar-refractivity contribution in [3.05, 3.63) is 10.4 Å². The Balaban J connectivity index is 1.67. The number of hydrogen-bond donors (Lipinski definition) is 1. The number of aromatic nitrogens is 1. The molecule has 0 bridgehead atoms. The van der Waals surface area contributed by atoms with Gasteiger partial charge in [-0.05, 0) is 25.7 Å². The van der Waals surface area contributed by atoms with Crippen LogP contribution in [0.15, 0.2) is 10.4 Å². The van der Waals surface area contributed by atoms with Gasteiger partial charge in [-0.25, -0.2) is 13.4 Å². The second-order valence-corrected chi connectivity index (χ2v) is 8.71. The van der Waals surface area contributed by atoms with Crippen LogP contribution in [-0.2, 0) is 14.8 Å². The largest absolute Gasteiger partial charge is 0.480 e. The van der Waals surface area contributed by atoms with Crippen molar-refractivity contribution in [2.45, 2.75) is 30.8 Å². The monoisotopic (exact) mass is 345 g/mol. The summed E-state index contributed by atoms with van der Waals surface area (Å²) in [6, 6.07) is -0.466. The Bertz CT molecular complexity index is 661. The lowest BCUT2D eigenvalue weighted by Crippen LogP contribution is -2.54. The minimum atomic E-state index is -3.56. The summed E-state index contributed by atoms with van der Waals surface area (Å²) >= 11 is 1.31. The first kappa shape index (κ1) is 15.9. The Morgan fingerprint density at radius 2 is 2.00 bits per heavy atom. The molecule has 1 atom stereocenters. The van der Waals surface area contributed by atoms with Gasteiger partial charge in [0.25, 0.3) is 10.0 Å². The molecule has 0 aromatic carbocycles. The number of carboxylic acids is 1. The zero-order valence-electron chi connectivity index (χ0n) is 12.3. The molecule has 0 spiro atoms. The molecule has 0 amide bonds. The van der Waals surface area contributed by atoms with Gasteiger partial charge in [0.1, 0.15) is 6.04 Å². The van der Waals surface area contributed by atoms with Crippen LogP contribution in [0.2, 0.25) is 0 Å². The summed E-state index contributed by atoms with van der Waals surface area (Å²) in [5.74, 6) is -0.573. The van der Waals surface area contributed by atoms with E-state index in [4.69, 9.17) is 0 Å². The number of hydrogen-bond acceptors (Lipinski definition) is 6. The van der Waals surface area contributed by atoms with Gasteiger partial charge in [0.15, 0.2) is 5.03 Å². The maximum atomic E-state index is 12.5. The third-order valence-electron chi connectivity index (χ3n) is 4.19. The number of thiazole rings is 1. The lowest BCUT2D eigenvalue weighted by molar-refractivity contribution is -0.144. The highest BCUT2D eigenvalue weighted by Gasteiger charge is 2.42. The second-order valence-electron chi connectivity index (χ2n) is 5.77. The summed E-state index contributed by atoms with van der Waals surface area (Å²) in [5.41, 5.74) is 0. The van der Waals surface area contributed by atoms with Crippen molar-refractivity contribution in [1.29, 1.82) is 0 Å². The first-order valence-corrected chi connectivity index (χ1v) is 9.60. The van der Waals surface area contributed by atoms with E-state index in [1.54, 1.807) is 12.3 Å². The number of nitrogens with zero attached hydrogens (tertiary/aromatic N) is 3. The molecule has 1 unspecified atom stereocenters. The Kier molecular flexibility index (Phi) is 4.23. The van der Waals surface area contributed by atoms with Crippen LogP contribution in [0.1, 0.15) is 17.8 Å². The minimum absolute atomic E-state index is 0.0976. The SMILES string of the molecule is Cc1nc(S(=O)(=O)N2CCN(C(C(=O)O)C3CC3)CC2)cs1. The Labute approximate surface area is 133 Å². The molecule has 1 aliphatic heterocycles. The highest BCUT2D eigenvalue weighted by atomic mass is 32.2. The van der Waals surface area contributed by atoms with Gasteiger partial charge < -0.3 is 5.11 Å². The van der Waals surface area contributed by atoms with Crippen LogP contribution in [-0.4, -0.2) is 65.9 Å². The van der Waals surface area contributed by atoms with Crippen LogP contribution in [0.25, 0.3) is 0 Å². The predicted octanol–water partition coefficient (Wildman–Crippen LogP) is 0.621. The van der Waals surface area contributed by atoms with E-state index < -0.39 is 22.0 Å². The smallest absolute Gasteiger partial charge is 0.321 e. The fourth-order valence-corrected chi connectivity index (χ4v) is 5.21. The lowest BCUT2D eigenvalue weighted by atomic mass is 10.1. The van der Waals surface area contributed by atoms with Gasteiger partial charge in [0, 0.05) is 31.6 Å². The van der Waals surface area contributed by atoms with Gasteiger partial charge in [-0.2, -0.15) is 4.31 Å². The summed E-state index contributed by atoms with van der Waals surface area (Å²) in [6.45, 7) is 3.31. The Morgan fingerprint density at radius 3 is 2.45 bits per heavy atom. The van der Waals surface area contributed by atoms with Crippen LogP contribution in [0, 0.1) is 12.8 Å². The number of aliphatic carboxylic acids is 1. The van der Waals surface area contributed by atoms with Crippen LogP contribution in [0.4, 0.5) is 0 Å². The van der Waals surface area contributed by atoms with E-state index in [0.29, 0.717) is 26.2 Å². The lowest BCUT2D eigenvalue weighted by Gasteiger charge is -2.36. The molecule has 1 aromatic rings. The molecular weight excluding hydrogens is 326 g/mol. The molecule has 1 N–H and O–H groups in total. The van der Waals surface area contributed by atoms with Gasteiger partial charge in [-0.15, -0.1) is 11.3 Å². The molecule has 3 rings (SSSR count). The number of rotatable bonds is 5. The van der Waals surface area contributed by atoms with Gasteiger partial charge in [0.05, 0.1) is 5.01 Å². The Morgan fingerprint density at radius 1 is 1.36 bits per heavy atom. The van der Waals surface area contributed by atoms with E-state index in [2.05, 4.69) is 4.98 Å². The number of piperazine rings is 1. The zero-order valence-corrected chi connectivity index (χ0v) is 13.9.